The SMILES string of the molecule is CCNC(=NCC(O)(CC)CC)NC(C)C(C)C.I. The molecule has 1 atom stereocenters. The smallest absolute Gasteiger partial charge is 0.191 e. The molecule has 5 heteroatoms. The molecule has 0 heterocycles. The average Bonchev–Trinajstić information content (AvgIpc) is 2.35. The Morgan fingerprint density at radius 3 is 2.05 bits per heavy atom. The van der Waals surface area contributed by atoms with Gasteiger partial charge in [-0.3, -0.25) is 4.99 Å². The van der Waals surface area contributed by atoms with Crippen molar-refractivity contribution in [2.24, 2.45) is 10.9 Å². The van der Waals surface area contributed by atoms with Crippen LogP contribution in [0, 0.1) is 5.92 Å². The van der Waals surface area contributed by atoms with E-state index in [0.717, 1.165) is 25.3 Å². The normalized spacial score (nSPS) is 14.0. The fourth-order valence-electron chi connectivity index (χ4n) is 1.40. The van der Waals surface area contributed by atoms with Crippen molar-refractivity contribution in [3.8, 4) is 0 Å². The Labute approximate surface area is 135 Å². The number of hydrogen-bond acceptors (Lipinski definition) is 2. The summed E-state index contributed by atoms with van der Waals surface area (Å²) in [5.74, 6) is 1.34. The summed E-state index contributed by atoms with van der Waals surface area (Å²) in [6, 6.07) is 0.360. The zero-order chi connectivity index (χ0) is 14.2. The molecule has 0 fully saturated rings. The maximum absolute atomic E-state index is 10.2. The highest BCUT2D eigenvalue weighted by Crippen LogP contribution is 2.14. The second-order valence-corrected chi connectivity index (χ2v) is 5.30. The molecule has 0 aliphatic rings. The van der Waals surface area contributed by atoms with Crippen molar-refractivity contribution in [3.63, 3.8) is 0 Å². The van der Waals surface area contributed by atoms with Gasteiger partial charge in [-0.15, -0.1) is 24.0 Å². The molecule has 0 amide bonds. The zero-order valence-electron chi connectivity index (χ0n) is 13.3. The van der Waals surface area contributed by atoms with Gasteiger partial charge in [-0.25, -0.2) is 0 Å². The lowest BCUT2D eigenvalue weighted by molar-refractivity contribution is 0.0417. The highest BCUT2D eigenvalue weighted by molar-refractivity contribution is 14.0. The number of guanidine groups is 1. The first-order valence-corrected chi connectivity index (χ1v) is 7.15. The predicted molar refractivity (Wildman–Crippen MR) is 94.4 cm³/mol. The van der Waals surface area contributed by atoms with E-state index in [1.54, 1.807) is 0 Å². The van der Waals surface area contributed by atoms with Crippen LogP contribution in [0.4, 0.5) is 0 Å². The number of halogens is 1. The van der Waals surface area contributed by atoms with Crippen LogP contribution in [-0.4, -0.2) is 35.8 Å². The minimum absolute atomic E-state index is 0. The van der Waals surface area contributed by atoms with Crippen LogP contribution in [0.15, 0.2) is 4.99 Å². The predicted octanol–water partition coefficient (Wildman–Crippen LogP) is 2.76. The fraction of sp³-hybridized carbons (Fsp3) is 0.929. The Morgan fingerprint density at radius 2 is 1.68 bits per heavy atom. The quantitative estimate of drug-likeness (QED) is 0.359. The number of rotatable bonds is 7. The Bertz CT molecular complexity index is 253. The van der Waals surface area contributed by atoms with Gasteiger partial charge in [0.2, 0.25) is 0 Å². The van der Waals surface area contributed by atoms with E-state index in [1.807, 2.05) is 20.8 Å². The van der Waals surface area contributed by atoms with E-state index in [0.29, 0.717) is 18.5 Å². The molecular weight excluding hydrogens is 353 g/mol. The van der Waals surface area contributed by atoms with Crippen molar-refractivity contribution in [1.82, 2.24) is 10.6 Å². The minimum Gasteiger partial charge on any atom is -0.388 e. The Morgan fingerprint density at radius 1 is 1.16 bits per heavy atom. The molecule has 19 heavy (non-hydrogen) atoms. The summed E-state index contributed by atoms with van der Waals surface area (Å²) in [5, 5.41) is 16.8. The number of nitrogens with zero attached hydrogens (tertiary/aromatic N) is 1. The third kappa shape index (κ3) is 8.68. The second kappa shape index (κ2) is 10.7. The maximum Gasteiger partial charge on any atom is 0.191 e. The van der Waals surface area contributed by atoms with E-state index >= 15 is 0 Å². The molecule has 4 nitrogen and oxygen atoms in total. The monoisotopic (exact) mass is 385 g/mol. The fourth-order valence-corrected chi connectivity index (χ4v) is 1.40. The van der Waals surface area contributed by atoms with E-state index in [-0.39, 0.29) is 24.0 Å². The van der Waals surface area contributed by atoms with Gasteiger partial charge in [-0.1, -0.05) is 27.7 Å². The van der Waals surface area contributed by atoms with Gasteiger partial charge in [-0.05, 0) is 32.6 Å². The summed E-state index contributed by atoms with van der Waals surface area (Å²) < 4.78 is 0. The Balaban J connectivity index is 0. The summed E-state index contributed by atoms with van der Waals surface area (Å²) in [4.78, 5) is 4.49. The zero-order valence-corrected chi connectivity index (χ0v) is 15.6. The van der Waals surface area contributed by atoms with E-state index < -0.39 is 5.60 Å². The first kappa shape index (κ1) is 21.3. The van der Waals surface area contributed by atoms with Gasteiger partial charge < -0.3 is 15.7 Å². The molecule has 0 spiro atoms. The van der Waals surface area contributed by atoms with Crippen LogP contribution in [0.1, 0.15) is 54.4 Å². The average molecular weight is 385 g/mol. The Hall–Kier alpha value is -0.0400. The molecule has 0 radical (unpaired) electrons. The molecule has 0 aliphatic carbocycles. The molecule has 116 valence electrons. The molecule has 1 unspecified atom stereocenters. The molecule has 3 N–H and O–H groups in total. The first-order chi connectivity index (χ1) is 8.38. The first-order valence-electron chi connectivity index (χ1n) is 7.15. The van der Waals surface area contributed by atoms with E-state index in [1.165, 1.54) is 0 Å². The van der Waals surface area contributed by atoms with Crippen LogP contribution in [0.2, 0.25) is 0 Å². The van der Waals surface area contributed by atoms with Gasteiger partial charge >= 0.3 is 0 Å². The molecule has 0 bridgehead atoms. The van der Waals surface area contributed by atoms with Crippen molar-refractivity contribution in [1.29, 1.82) is 0 Å². The van der Waals surface area contributed by atoms with Crippen molar-refractivity contribution in [3.05, 3.63) is 0 Å². The van der Waals surface area contributed by atoms with Crippen LogP contribution in [-0.2, 0) is 0 Å². The molecule has 0 aromatic carbocycles. The molecule has 0 saturated heterocycles. The summed E-state index contributed by atoms with van der Waals surface area (Å²) in [6.45, 7) is 13.8. The lowest BCUT2D eigenvalue weighted by Gasteiger charge is -2.25. The maximum atomic E-state index is 10.2. The lowest BCUT2D eigenvalue weighted by atomic mass is 9.98. The number of nitrogens with one attached hydrogen (secondary N) is 2. The van der Waals surface area contributed by atoms with Crippen LogP contribution < -0.4 is 10.6 Å². The van der Waals surface area contributed by atoms with E-state index in [4.69, 9.17) is 0 Å². The standard InChI is InChI=1S/C14H31N3O.HI/c1-7-14(18,8-2)10-16-13(15-9-3)17-12(6)11(4)5;/h11-12,18H,7-10H2,1-6H3,(H2,15,16,17);1H. The summed E-state index contributed by atoms with van der Waals surface area (Å²) in [5.41, 5.74) is -0.677. The van der Waals surface area contributed by atoms with Crippen molar-refractivity contribution in [2.45, 2.75) is 66.0 Å². The summed E-state index contributed by atoms with van der Waals surface area (Å²) >= 11 is 0. The van der Waals surface area contributed by atoms with Crippen molar-refractivity contribution >= 4 is 29.9 Å². The summed E-state index contributed by atoms with van der Waals surface area (Å²) in [6.07, 6.45) is 1.46. The third-order valence-electron chi connectivity index (χ3n) is 3.56. The molecule has 0 aliphatic heterocycles. The van der Waals surface area contributed by atoms with Gasteiger partial charge in [0.25, 0.3) is 0 Å². The van der Waals surface area contributed by atoms with E-state index in [9.17, 15) is 5.11 Å². The van der Waals surface area contributed by atoms with Gasteiger partial charge in [0, 0.05) is 12.6 Å². The van der Waals surface area contributed by atoms with E-state index in [2.05, 4.69) is 36.4 Å². The Kier molecular flexibility index (Phi) is 12.0. The molecular formula is C14H32IN3O. The highest BCUT2D eigenvalue weighted by atomic mass is 127. The van der Waals surface area contributed by atoms with Crippen molar-refractivity contribution in [2.75, 3.05) is 13.1 Å². The van der Waals surface area contributed by atoms with Gasteiger partial charge in [-0.2, -0.15) is 0 Å². The second-order valence-electron chi connectivity index (χ2n) is 5.30. The lowest BCUT2D eigenvalue weighted by Crippen LogP contribution is -2.45. The largest absolute Gasteiger partial charge is 0.388 e. The van der Waals surface area contributed by atoms with Crippen LogP contribution >= 0.6 is 24.0 Å². The molecule has 0 rings (SSSR count). The van der Waals surface area contributed by atoms with Crippen LogP contribution in [0.3, 0.4) is 0 Å². The van der Waals surface area contributed by atoms with Gasteiger partial charge in [0.05, 0.1) is 12.1 Å². The molecule has 0 aromatic rings. The van der Waals surface area contributed by atoms with Gasteiger partial charge in [0.1, 0.15) is 0 Å². The van der Waals surface area contributed by atoms with Gasteiger partial charge in [0.15, 0.2) is 5.96 Å². The summed E-state index contributed by atoms with van der Waals surface area (Å²) in [7, 11) is 0. The third-order valence-corrected chi connectivity index (χ3v) is 3.56. The number of hydrogen-bond donors (Lipinski definition) is 3. The van der Waals surface area contributed by atoms with Crippen LogP contribution in [0.25, 0.3) is 0 Å². The molecule has 0 saturated carbocycles. The molecule has 0 aromatic heterocycles. The number of aliphatic imine (C=N–C) groups is 1. The number of aliphatic hydroxyl groups is 1. The highest BCUT2D eigenvalue weighted by Gasteiger charge is 2.21. The van der Waals surface area contributed by atoms with Crippen molar-refractivity contribution < 1.29 is 5.11 Å². The van der Waals surface area contributed by atoms with Crippen LogP contribution in [0.5, 0.6) is 0 Å². The minimum atomic E-state index is -0.677. The topological polar surface area (TPSA) is 56.7 Å².